The number of rotatable bonds is 5. The smallest absolute Gasteiger partial charge is 0.120 e. The van der Waals surface area contributed by atoms with E-state index in [1.165, 1.54) is 0 Å². The summed E-state index contributed by atoms with van der Waals surface area (Å²) < 4.78 is 5.53. The summed E-state index contributed by atoms with van der Waals surface area (Å²) in [6, 6.07) is 9.31. The average molecular weight is 204 g/mol. The van der Waals surface area contributed by atoms with Crippen molar-refractivity contribution in [2.45, 2.75) is 6.92 Å². The van der Waals surface area contributed by atoms with Crippen LogP contribution in [0.25, 0.3) is 0 Å². The van der Waals surface area contributed by atoms with Crippen LogP contribution in [0.1, 0.15) is 12.5 Å². The first kappa shape index (κ1) is 11.5. The van der Waals surface area contributed by atoms with Crippen LogP contribution in [-0.2, 0) is 0 Å². The van der Waals surface area contributed by atoms with Crippen LogP contribution in [0.5, 0.6) is 5.75 Å². The fourth-order valence-corrected chi connectivity index (χ4v) is 1.13. The molecule has 0 saturated heterocycles. The maximum atomic E-state index is 8.70. The molecule has 0 bridgehead atoms. The Morgan fingerprint density at radius 3 is 2.93 bits per heavy atom. The van der Waals surface area contributed by atoms with Crippen LogP contribution >= 0.6 is 0 Å². The molecule has 0 atom stereocenters. The lowest BCUT2D eigenvalue weighted by Gasteiger charge is -2.14. The molecule has 0 unspecified atom stereocenters. The molecular weight excluding hydrogens is 188 g/mol. The van der Waals surface area contributed by atoms with Crippen molar-refractivity contribution in [3.05, 3.63) is 29.8 Å². The number of benzene rings is 1. The lowest BCUT2D eigenvalue weighted by Crippen LogP contribution is -2.23. The fraction of sp³-hybridized carbons (Fsp3) is 0.417. The minimum atomic E-state index is 0.636. The zero-order chi connectivity index (χ0) is 11.1. The zero-order valence-electron chi connectivity index (χ0n) is 9.23. The summed E-state index contributed by atoms with van der Waals surface area (Å²) in [7, 11) is 2.05. The summed E-state index contributed by atoms with van der Waals surface area (Å²) in [5.41, 5.74) is 0.636. The highest BCUT2D eigenvalue weighted by atomic mass is 16.5. The molecule has 1 aromatic rings. The molecule has 0 saturated carbocycles. The van der Waals surface area contributed by atoms with Gasteiger partial charge >= 0.3 is 0 Å². The second-order valence-electron chi connectivity index (χ2n) is 3.38. The van der Waals surface area contributed by atoms with Crippen LogP contribution in [0.15, 0.2) is 24.3 Å². The average Bonchev–Trinajstić information content (AvgIpc) is 2.29. The van der Waals surface area contributed by atoms with Crippen LogP contribution in [-0.4, -0.2) is 31.6 Å². The van der Waals surface area contributed by atoms with Crippen LogP contribution in [0.3, 0.4) is 0 Å². The largest absolute Gasteiger partial charge is 0.492 e. The van der Waals surface area contributed by atoms with E-state index in [2.05, 4.69) is 24.9 Å². The Balaban J connectivity index is 2.41. The van der Waals surface area contributed by atoms with Crippen molar-refractivity contribution < 1.29 is 4.74 Å². The number of ether oxygens (including phenoxy) is 1. The van der Waals surface area contributed by atoms with Crippen molar-refractivity contribution in [1.29, 1.82) is 5.26 Å². The topological polar surface area (TPSA) is 36.3 Å². The summed E-state index contributed by atoms with van der Waals surface area (Å²) in [6.07, 6.45) is 0. The summed E-state index contributed by atoms with van der Waals surface area (Å²) in [5, 5.41) is 8.70. The summed E-state index contributed by atoms with van der Waals surface area (Å²) in [6.45, 7) is 4.67. The molecule has 3 heteroatoms. The van der Waals surface area contributed by atoms with Gasteiger partial charge in [0.05, 0.1) is 11.6 Å². The van der Waals surface area contributed by atoms with Crippen LogP contribution in [0.2, 0.25) is 0 Å². The number of hydrogen-bond acceptors (Lipinski definition) is 3. The Morgan fingerprint density at radius 1 is 1.47 bits per heavy atom. The van der Waals surface area contributed by atoms with Crippen molar-refractivity contribution in [2.24, 2.45) is 0 Å². The van der Waals surface area contributed by atoms with E-state index in [-0.39, 0.29) is 0 Å². The molecule has 15 heavy (non-hydrogen) atoms. The molecule has 0 radical (unpaired) electrons. The lowest BCUT2D eigenvalue weighted by atomic mass is 10.2. The molecule has 0 amide bonds. The van der Waals surface area contributed by atoms with Gasteiger partial charge in [-0.25, -0.2) is 0 Å². The van der Waals surface area contributed by atoms with Gasteiger partial charge in [-0.1, -0.05) is 13.0 Å². The molecule has 1 rings (SSSR count). The third-order valence-corrected chi connectivity index (χ3v) is 2.24. The summed E-state index contributed by atoms with van der Waals surface area (Å²) in [5.74, 6) is 0.763. The maximum Gasteiger partial charge on any atom is 0.120 e. The summed E-state index contributed by atoms with van der Waals surface area (Å²) in [4.78, 5) is 2.17. The number of nitrogens with zero attached hydrogens (tertiary/aromatic N) is 2. The van der Waals surface area contributed by atoms with E-state index >= 15 is 0 Å². The van der Waals surface area contributed by atoms with Gasteiger partial charge in [0.15, 0.2) is 0 Å². The van der Waals surface area contributed by atoms with Crippen molar-refractivity contribution >= 4 is 0 Å². The van der Waals surface area contributed by atoms with E-state index in [4.69, 9.17) is 10.00 Å². The Hall–Kier alpha value is -1.53. The highest BCUT2D eigenvalue weighted by Crippen LogP contribution is 2.12. The van der Waals surface area contributed by atoms with Gasteiger partial charge in [-0.3, -0.25) is 0 Å². The van der Waals surface area contributed by atoms with Crippen molar-refractivity contribution in [1.82, 2.24) is 4.90 Å². The normalized spacial score (nSPS) is 10.0. The summed E-state index contributed by atoms with van der Waals surface area (Å²) >= 11 is 0. The Bertz CT molecular complexity index is 344. The Kier molecular flexibility index (Phi) is 4.65. The van der Waals surface area contributed by atoms with E-state index in [1.807, 2.05) is 12.1 Å². The van der Waals surface area contributed by atoms with Gasteiger partial charge in [-0.05, 0) is 31.8 Å². The minimum Gasteiger partial charge on any atom is -0.492 e. The Labute approximate surface area is 90.9 Å². The predicted molar refractivity (Wildman–Crippen MR) is 59.8 cm³/mol. The number of hydrogen-bond donors (Lipinski definition) is 0. The van der Waals surface area contributed by atoms with E-state index in [0.29, 0.717) is 12.2 Å². The van der Waals surface area contributed by atoms with Gasteiger partial charge in [0.25, 0.3) is 0 Å². The minimum absolute atomic E-state index is 0.636. The fourth-order valence-electron chi connectivity index (χ4n) is 1.13. The van der Waals surface area contributed by atoms with Gasteiger partial charge in [0.1, 0.15) is 12.4 Å². The number of likely N-dealkylation sites (N-methyl/N-ethyl adjacent to an activating group) is 1. The molecule has 0 fully saturated rings. The molecular formula is C12H16N2O. The first-order valence-corrected chi connectivity index (χ1v) is 5.07. The van der Waals surface area contributed by atoms with Gasteiger partial charge in [0, 0.05) is 6.54 Å². The molecule has 0 aliphatic rings. The highest BCUT2D eigenvalue weighted by molar-refractivity contribution is 5.36. The van der Waals surface area contributed by atoms with Crippen molar-refractivity contribution in [3.63, 3.8) is 0 Å². The third kappa shape index (κ3) is 4.01. The SMILES string of the molecule is CCN(C)CCOc1cccc(C#N)c1. The molecule has 0 aliphatic heterocycles. The third-order valence-electron chi connectivity index (χ3n) is 2.24. The van der Waals surface area contributed by atoms with Crippen LogP contribution < -0.4 is 4.74 Å². The molecule has 0 N–H and O–H groups in total. The standard InChI is InChI=1S/C12H16N2O/c1-3-14(2)7-8-15-12-6-4-5-11(9-12)10-13/h4-6,9H,3,7-8H2,1-2H3. The monoisotopic (exact) mass is 204 g/mol. The van der Waals surface area contributed by atoms with Gasteiger partial charge in [-0.2, -0.15) is 5.26 Å². The molecule has 0 aromatic heterocycles. The lowest BCUT2D eigenvalue weighted by molar-refractivity contribution is 0.244. The Morgan fingerprint density at radius 2 is 2.27 bits per heavy atom. The molecule has 0 heterocycles. The van der Waals surface area contributed by atoms with E-state index in [0.717, 1.165) is 18.8 Å². The quantitative estimate of drug-likeness (QED) is 0.734. The first-order chi connectivity index (χ1) is 7.26. The van der Waals surface area contributed by atoms with Crippen molar-refractivity contribution in [2.75, 3.05) is 26.7 Å². The molecule has 0 spiro atoms. The maximum absolute atomic E-state index is 8.70. The van der Waals surface area contributed by atoms with E-state index in [9.17, 15) is 0 Å². The highest BCUT2D eigenvalue weighted by Gasteiger charge is 1.97. The first-order valence-electron chi connectivity index (χ1n) is 5.07. The molecule has 80 valence electrons. The van der Waals surface area contributed by atoms with Crippen LogP contribution in [0.4, 0.5) is 0 Å². The van der Waals surface area contributed by atoms with Crippen LogP contribution in [0, 0.1) is 11.3 Å². The molecule has 3 nitrogen and oxygen atoms in total. The second kappa shape index (κ2) is 6.05. The zero-order valence-corrected chi connectivity index (χ0v) is 9.23. The van der Waals surface area contributed by atoms with E-state index in [1.54, 1.807) is 12.1 Å². The van der Waals surface area contributed by atoms with Gasteiger partial charge in [0.2, 0.25) is 0 Å². The van der Waals surface area contributed by atoms with Gasteiger partial charge < -0.3 is 9.64 Å². The molecule has 1 aromatic carbocycles. The second-order valence-corrected chi connectivity index (χ2v) is 3.38. The van der Waals surface area contributed by atoms with Gasteiger partial charge in [-0.15, -0.1) is 0 Å². The molecule has 0 aliphatic carbocycles. The number of nitriles is 1. The van der Waals surface area contributed by atoms with Crippen molar-refractivity contribution in [3.8, 4) is 11.8 Å². The predicted octanol–water partition coefficient (Wildman–Crippen LogP) is 1.89. The van der Waals surface area contributed by atoms with E-state index < -0.39 is 0 Å².